The Morgan fingerprint density at radius 2 is 2.08 bits per heavy atom. The van der Waals surface area contributed by atoms with Gasteiger partial charge in [0.25, 0.3) is 5.91 Å². The van der Waals surface area contributed by atoms with Crippen LogP contribution in [0.15, 0.2) is 22.7 Å². The van der Waals surface area contributed by atoms with Crippen LogP contribution in [0.5, 0.6) is 5.88 Å². The van der Waals surface area contributed by atoms with Gasteiger partial charge in [-0.3, -0.25) is 9.69 Å². The number of amides is 1. The second kappa shape index (κ2) is 8.06. The van der Waals surface area contributed by atoms with E-state index >= 15 is 0 Å². The lowest BCUT2D eigenvalue weighted by atomic mass is 10.2. The molecule has 134 valence electrons. The summed E-state index contributed by atoms with van der Waals surface area (Å²) in [7, 11) is 1.54. The van der Waals surface area contributed by atoms with Gasteiger partial charge in [0.1, 0.15) is 0 Å². The molecule has 0 aliphatic carbocycles. The Morgan fingerprint density at radius 3 is 2.84 bits per heavy atom. The summed E-state index contributed by atoms with van der Waals surface area (Å²) < 4.78 is 10.7. The first-order valence-corrected chi connectivity index (χ1v) is 8.52. The third-order valence-corrected chi connectivity index (χ3v) is 4.24. The van der Waals surface area contributed by atoms with Crippen LogP contribution in [0, 0.1) is 0 Å². The number of carbonyl (C=O) groups excluding carboxylic acids is 1. The minimum atomic E-state index is 0.00797. The fourth-order valence-corrected chi connectivity index (χ4v) is 2.86. The second-order valence-corrected chi connectivity index (χ2v) is 5.95. The summed E-state index contributed by atoms with van der Waals surface area (Å²) in [5, 5.41) is 8.07. The first-order chi connectivity index (χ1) is 12.2. The van der Waals surface area contributed by atoms with Crippen molar-refractivity contribution in [2.75, 3.05) is 33.3 Å². The Balaban J connectivity index is 1.59. The maximum atomic E-state index is 12.7. The summed E-state index contributed by atoms with van der Waals surface area (Å²) in [6, 6.07) is 3.40. The number of aryl methyl sites for hydroxylation is 1. The molecule has 0 radical (unpaired) electrons. The van der Waals surface area contributed by atoms with E-state index in [1.807, 2.05) is 11.8 Å². The molecule has 25 heavy (non-hydrogen) atoms. The van der Waals surface area contributed by atoms with Gasteiger partial charge in [-0.1, -0.05) is 6.92 Å². The molecule has 0 bridgehead atoms. The number of hydrogen-bond donors (Lipinski definition) is 0. The molecule has 1 aliphatic heterocycles. The molecule has 0 aromatic carbocycles. The fraction of sp³-hybridized carbons (Fsp3) is 0.529. The van der Waals surface area contributed by atoms with E-state index in [4.69, 9.17) is 9.15 Å². The molecule has 1 aliphatic rings. The van der Waals surface area contributed by atoms with E-state index in [2.05, 4.69) is 20.1 Å². The molecule has 1 amide bonds. The van der Waals surface area contributed by atoms with E-state index in [0.29, 0.717) is 36.3 Å². The van der Waals surface area contributed by atoms with Gasteiger partial charge < -0.3 is 14.1 Å². The Morgan fingerprint density at radius 1 is 1.24 bits per heavy atom. The zero-order valence-electron chi connectivity index (χ0n) is 14.6. The third-order valence-electron chi connectivity index (χ3n) is 4.24. The first-order valence-electron chi connectivity index (χ1n) is 8.52. The average molecular weight is 345 g/mol. The van der Waals surface area contributed by atoms with Gasteiger partial charge in [0, 0.05) is 50.4 Å². The molecule has 0 atom stereocenters. The van der Waals surface area contributed by atoms with E-state index in [9.17, 15) is 4.79 Å². The van der Waals surface area contributed by atoms with Gasteiger partial charge in [-0.2, -0.15) is 0 Å². The van der Waals surface area contributed by atoms with Crippen molar-refractivity contribution in [2.24, 2.45) is 0 Å². The number of aromatic nitrogens is 3. The van der Waals surface area contributed by atoms with Gasteiger partial charge >= 0.3 is 0 Å². The van der Waals surface area contributed by atoms with E-state index in [0.717, 1.165) is 32.5 Å². The molecule has 8 heteroatoms. The van der Waals surface area contributed by atoms with Crippen LogP contribution < -0.4 is 4.74 Å². The van der Waals surface area contributed by atoms with E-state index in [1.54, 1.807) is 25.4 Å². The monoisotopic (exact) mass is 345 g/mol. The standard InChI is InChI=1S/C17H23N5O3/c1-3-14-19-20-16(25-14)12-21-7-4-8-22(10-9-21)17(23)13-5-6-18-15(11-13)24-2/h5-6,11H,3-4,7-10,12H2,1-2H3. The topological polar surface area (TPSA) is 84.6 Å². The quantitative estimate of drug-likeness (QED) is 0.809. The molecule has 3 rings (SSSR count). The summed E-state index contributed by atoms with van der Waals surface area (Å²) in [5.41, 5.74) is 0.602. The van der Waals surface area contributed by atoms with Crippen molar-refractivity contribution in [1.82, 2.24) is 25.0 Å². The van der Waals surface area contributed by atoms with Gasteiger partial charge in [-0.05, 0) is 12.5 Å². The van der Waals surface area contributed by atoms with Gasteiger partial charge in [0.05, 0.1) is 13.7 Å². The summed E-state index contributed by atoms with van der Waals surface area (Å²) in [6.45, 7) is 5.67. The minimum Gasteiger partial charge on any atom is -0.481 e. The highest BCUT2D eigenvalue weighted by Crippen LogP contribution is 2.14. The number of methoxy groups -OCH3 is 1. The molecule has 8 nitrogen and oxygen atoms in total. The number of hydrogen-bond acceptors (Lipinski definition) is 7. The molecule has 3 heterocycles. The van der Waals surface area contributed by atoms with Crippen molar-refractivity contribution >= 4 is 5.91 Å². The Kier molecular flexibility index (Phi) is 5.60. The molecule has 1 saturated heterocycles. The van der Waals surface area contributed by atoms with E-state index in [-0.39, 0.29) is 5.91 Å². The summed E-state index contributed by atoms with van der Waals surface area (Å²) in [5.74, 6) is 1.75. The summed E-state index contributed by atoms with van der Waals surface area (Å²) in [6.07, 6.45) is 3.24. The van der Waals surface area contributed by atoms with Crippen molar-refractivity contribution in [1.29, 1.82) is 0 Å². The van der Waals surface area contributed by atoms with Crippen molar-refractivity contribution in [3.63, 3.8) is 0 Å². The predicted molar refractivity (Wildman–Crippen MR) is 90.3 cm³/mol. The van der Waals surface area contributed by atoms with Crippen molar-refractivity contribution in [3.8, 4) is 5.88 Å². The average Bonchev–Trinajstić information content (AvgIpc) is 2.98. The van der Waals surface area contributed by atoms with Crippen molar-refractivity contribution in [2.45, 2.75) is 26.3 Å². The smallest absolute Gasteiger partial charge is 0.254 e. The van der Waals surface area contributed by atoms with Gasteiger partial charge in [-0.15, -0.1) is 10.2 Å². The van der Waals surface area contributed by atoms with E-state index < -0.39 is 0 Å². The predicted octanol–water partition coefficient (Wildman–Crippen LogP) is 1.38. The van der Waals surface area contributed by atoms with Crippen LogP contribution in [-0.4, -0.2) is 64.2 Å². The number of pyridine rings is 1. The lowest BCUT2D eigenvalue weighted by Gasteiger charge is -2.21. The SMILES string of the molecule is CCc1nnc(CN2CCCN(C(=O)c3ccnc(OC)c3)CC2)o1. The third kappa shape index (κ3) is 4.33. The summed E-state index contributed by atoms with van der Waals surface area (Å²) >= 11 is 0. The maximum absolute atomic E-state index is 12.7. The highest BCUT2D eigenvalue weighted by atomic mass is 16.5. The normalized spacial score (nSPS) is 15.8. The largest absolute Gasteiger partial charge is 0.481 e. The lowest BCUT2D eigenvalue weighted by molar-refractivity contribution is 0.0760. The zero-order chi connectivity index (χ0) is 17.6. The molecule has 0 N–H and O–H groups in total. The van der Waals surface area contributed by atoms with Crippen molar-refractivity contribution in [3.05, 3.63) is 35.7 Å². The molecule has 1 fully saturated rings. The Bertz CT molecular complexity index is 718. The number of carbonyl (C=O) groups is 1. The maximum Gasteiger partial charge on any atom is 0.254 e. The van der Waals surface area contributed by atoms with Crippen LogP contribution in [0.3, 0.4) is 0 Å². The van der Waals surface area contributed by atoms with E-state index in [1.165, 1.54) is 0 Å². The number of nitrogens with zero attached hydrogens (tertiary/aromatic N) is 5. The van der Waals surface area contributed by atoms with Crippen LogP contribution in [0.1, 0.15) is 35.5 Å². The number of rotatable bonds is 5. The molecule has 2 aromatic rings. The van der Waals surface area contributed by atoms with Crippen LogP contribution in [0.25, 0.3) is 0 Å². The van der Waals surface area contributed by atoms with Crippen LogP contribution >= 0.6 is 0 Å². The van der Waals surface area contributed by atoms with Crippen LogP contribution in [-0.2, 0) is 13.0 Å². The van der Waals surface area contributed by atoms with Crippen LogP contribution in [0.4, 0.5) is 0 Å². The first kappa shape index (κ1) is 17.3. The molecule has 2 aromatic heterocycles. The Hall–Kier alpha value is -2.48. The van der Waals surface area contributed by atoms with Gasteiger partial charge in [-0.25, -0.2) is 4.98 Å². The second-order valence-electron chi connectivity index (χ2n) is 5.95. The minimum absolute atomic E-state index is 0.00797. The lowest BCUT2D eigenvalue weighted by Crippen LogP contribution is -2.35. The van der Waals surface area contributed by atoms with Crippen molar-refractivity contribution < 1.29 is 13.9 Å². The fourth-order valence-electron chi connectivity index (χ4n) is 2.86. The molecular formula is C17H23N5O3. The zero-order valence-corrected chi connectivity index (χ0v) is 14.6. The van der Waals surface area contributed by atoms with Gasteiger partial charge in [0.15, 0.2) is 0 Å². The Labute approximate surface area is 146 Å². The highest BCUT2D eigenvalue weighted by molar-refractivity contribution is 5.94. The molecule has 0 spiro atoms. The molecule has 0 saturated carbocycles. The molecule has 0 unspecified atom stereocenters. The highest BCUT2D eigenvalue weighted by Gasteiger charge is 2.22. The molecular weight excluding hydrogens is 322 g/mol. The number of ether oxygens (including phenoxy) is 1. The summed E-state index contributed by atoms with van der Waals surface area (Å²) in [4.78, 5) is 20.9. The van der Waals surface area contributed by atoms with Gasteiger partial charge in [0.2, 0.25) is 17.7 Å². The van der Waals surface area contributed by atoms with Crippen LogP contribution in [0.2, 0.25) is 0 Å².